The first-order valence-corrected chi connectivity index (χ1v) is 10.5. The lowest BCUT2D eigenvalue weighted by Gasteiger charge is -2.19. The Hall–Kier alpha value is -3.21. The summed E-state index contributed by atoms with van der Waals surface area (Å²) in [4.78, 5) is 13.0. The summed E-state index contributed by atoms with van der Waals surface area (Å²) < 4.78 is 1.96. The van der Waals surface area contributed by atoms with E-state index in [1.54, 1.807) is 36.4 Å². The van der Waals surface area contributed by atoms with E-state index in [2.05, 4.69) is 11.4 Å². The van der Waals surface area contributed by atoms with Crippen molar-refractivity contribution in [3.05, 3.63) is 80.0 Å². The van der Waals surface area contributed by atoms with E-state index >= 15 is 0 Å². The lowest BCUT2D eigenvalue weighted by atomic mass is 9.96. The average molecular weight is 440 g/mol. The van der Waals surface area contributed by atoms with Crippen molar-refractivity contribution >= 4 is 28.8 Å². The average Bonchev–Trinajstić information content (AvgIpc) is 3.29. The van der Waals surface area contributed by atoms with Gasteiger partial charge in [-0.3, -0.25) is 9.36 Å². The minimum atomic E-state index is -0.559. The third kappa shape index (κ3) is 3.80. The fourth-order valence-corrected chi connectivity index (χ4v) is 4.57. The quantitative estimate of drug-likeness (QED) is 0.516. The van der Waals surface area contributed by atoms with Crippen molar-refractivity contribution in [1.82, 2.24) is 9.88 Å². The highest BCUT2D eigenvalue weighted by atomic mass is 35.5. The smallest absolute Gasteiger partial charge is 0.262 e. The zero-order valence-corrected chi connectivity index (χ0v) is 17.4. The van der Waals surface area contributed by atoms with Gasteiger partial charge < -0.3 is 15.5 Å². The number of hydrogen-bond acceptors (Lipinski definition) is 5. The van der Waals surface area contributed by atoms with Gasteiger partial charge in [-0.1, -0.05) is 35.9 Å². The molecule has 0 radical (unpaired) electrons. The Bertz CT molecular complexity index is 1190. The third-order valence-electron chi connectivity index (χ3n) is 5.07. The SMILES string of the molecule is N#Cc1cccc(CCn2c(O)c3c(c2O)C(NC(=O)c2ccc(Cl)s2)C=CC3)c1. The summed E-state index contributed by atoms with van der Waals surface area (Å²) in [5.41, 5.74) is 2.58. The summed E-state index contributed by atoms with van der Waals surface area (Å²) in [6.45, 7) is 0.334. The topological polar surface area (TPSA) is 98.3 Å². The molecule has 1 atom stereocenters. The van der Waals surface area contributed by atoms with Crippen molar-refractivity contribution in [3.63, 3.8) is 0 Å². The van der Waals surface area contributed by atoms with Gasteiger partial charge >= 0.3 is 0 Å². The lowest BCUT2D eigenvalue weighted by Crippen LogP contribution is -2.28. The van der Waals surface area contributed by atoms with Gasteiger partial charge in [-0.05, 0) is 42.7 Å². The monoisotopic (exact) mass is 439 g/mol. The molecule has 1 aliphatic rings. The Labute approximate surface area is 182 Å². The number of thiophene rings is 1. The maximum atomic E-state index is 12.5. The molecule has 4 rings (SSSR count). The van der Waals surface area contributed by atoms with Crippen LogP contribution in [0.15, 0.2) is 48.6 Å². The van der Waals surface area contributed by atoms with E-state index in [-0.39, 0.29) is 17.7 Å². The fourth-order valence-electron chi connectivity index (χ4n) is 3.63. The van der Waals surface area contributed by atoms with Gasteiger partial charge in [-0.15, -0.1) is 11.3 Å². The number of amides is 1. The predicted molar refractivity (Wildman–Crippen MR) is 115 cm³/mol. The number of aryl methyl sites for hydroxylation is 1. The van der Waals surface area contributed by atoms with Crippen LogP contribution in [0.1, 0.15) is 38.0 Å². The van der Waals surface area contributed by atoms with Crippen LogP contribution >= 0.6 is 22.9 Å². The highest BCUT2D eigenvalue weighted by molar-refractivity contribution is 7.18. The molecule has 2 heterocycles. The molecule has 8 heteroatoms. The molecule has 0 saturated heterocycles. The van der Waals surface area contributed by atoms with Crippen LogP contribution in [0, 0.1) is 11.3 Å². The Kier molecular flexibility index (Phi) is 5.53. The number of nitrogens with one attached hydrogen (secondary N) is 1. The largest absolute Gasteiger partial charge is 0.494 e. The minimum absolute atomic E-state index is 0.0123. The Morgan fingerprint density at radius 2 is 2.13 bits per heavy atom. The molecular formula is C22H18ClN3O3S. The Balaban J connectivity index is 1.57. The number of halogens is 1. The van der Waals surface area contributed by atoms with Crippen LogP contribution in [0.5, 0.6) is 11.8 Å². The van der Waals surface area contributed by atoms with Gasteiger partial charge in [0.05, 0.1) is 26.9 Å². The van der Waals surface area contributed by atoms with Crippen molar-refractivity contribution < 1.29 is 15.0 Å². The molecule has 0 spiro atoms. The Morgan fingerprint density at radius 1 is 1.30 bits per heavy atom. The van der Waals surface area contributed by atoms with Crippen LogP contribution < -0.4 is 5.32 Å². The molecule has 2 aromatic heterocycles. The van der Waals surface area contributed by atoms with Crippen LogP contribution in [-0.4, -0.2) is 20.7 Å². The summed E-state index contributed by atoms with van der Waals surface area (Å²) in [5, 5.41) is 33.5. The summed E-state index contributed by atoms with van der Waals surface area (Å²) in [6, 6.07) is 12.1. The number of rotatable bonds is 5. The summed E-state index contributed by atoms with van der Waals surface area (Å²) in [5.74, 6) is -0.381. The number of aromatic nitrogens is 1. The summed E-state index contributed by atoms with van der Waals surface area (Å²) >= 11 is 7.09. The number of aromatic hydroxyl groups is 2. The van der Waals surface area contributed by atoms with E-state index in [1.807, 2.05) is 12.1 Å². The van der Waals surface area contributed by atoms with Crippen molar-refractivity contribution in [2.75, 3.05) is 0 Å². The highest BCUT2D eigenvalue weighted by Crippen LogP contribution is 2.41. The molecule has 152 valence electrons. The summed E-state index contributed by atoms with van der Waals surface area (Å²) in [6.07, 6.45) is 4.65. The van der Waals surface area contributed by atoms with E-state index in [9.17, 15) is 15.0 Å². The number of fused-ring (bicyclic) bond motifs is 1. The third-order valence-corrected chi connectivity index (χ3v) is 6.30. The highest BCUT2D eigenvalue weighted by Gasteiger charge is 2.30. The molecule has 0 saturated carbocycles. The van der Waals surface area contributed by atoms with Crippen LogP contribution in [0.25, 0.3) is 0 Å². The molecule has 1 amide bonds. The molecule has 1 aromatic carbocycles. The van der Waals surface area contributed by atoms with Gasteiger partial charge in [0.25, 0.3) is 5.91 Å². The molecule has 0 aliphatic heterocycles. The van der Waals surface area contributed by atoms with E-state index in [0.29, 0.717) is 45.3 Å². The first-order valence-electron chi connectivity index (χ1n) is 9.33. The molecule has 3 aromatic rings. The van der Waals surface area contributed by atoms with Crippen LogP contribution in [-0.2, 0) is 19.4 Å². The van der Waals surface area contributed by atoms with E-state index < -0.39 is 6.04 Å². The van der Waals surface area contributed by atoms with Crippen LogP contribution in [0.4, 0.5) is 0 Å². The fraction of sp³-hybridized carbons (Fsp3) is 0.182. The molecule has 0 fully saturated rings. The number of hydrogen-bond donors (Lipinski definition) is 3. The molecular weight excluding hydrogens is 422 g/mol. The first-order chi connectivity index (χ1) is 14.5. The molecule has 6 nitrogen and oxygen atoms in total. The minimum Gasteiger partial charge on any atom is -0.494 e. The first kappa shape index (κ1) is 20.1. The predicted octanol–water partition coefficient (Wildman–Crippen LogP) is 4.31. The van der Waals surface area contributed by atoms with Gasteiger partial charge in [0, 0.05) is 17.7 Å². The second-order valence-electron chi connectivity index (χ2n) is 6.94. The molecule has 30 heavy (non-hydrogen) atoms. The number of benzene rings is 1. The van der Waals surface area contributed by atoms with E-state index in [1.165, 1.54) is 15.9 Å². The van der Waals surface area contributed by atoms with Gasteiger partial charge in [-0.25, -0.2) is 0 Å². The van der Waals surface area contributed by atoms with Crippen molar-refractivity contribution in [3.8, 4) is 17.8 Å². The van der Waals surface area contributed by atoms with Crippen molar-refractivity contribution in [2.24, 2.45) is 0 Å². The van der Waals surface area contributed by atoms with E-state index in [4.69, 9.17) is 16.9 Å². The van der Waals surface area contributed by atoms with Gasteiger partial charge in [-0.2, -0.15) is 5.26 Å². The lowest BCUT2D eigenvalue weighted by molar-refractivity contribution is 0.0947. The number of allylic oxidation sites excluding steroid dienone is 1. The Morgan fingerprint density at radius 3 is 2.87 bits per heavy atom. The number of carbonyl (C=O) groups excluding carboxylic acids is 1. The van der Waals surface area contributed by atoms with Crippen molar-refractivity contribution in [2.45, 2.75) is 25.4 Å². The van der Waals surface area contributed by atoms with E-state index in [0.717, 1.165) is 5.56 Å². The normalized spacial score (nSPS) is 14.9. The van der Waals surface area contributed by atoms with Crippen LogP contribution in [0.3, 0.4) is 0 Å². The number of carbonyl (C=O) groups is 1. The maximum Gasteiger partial charge on any atom is 0.262 e. The standard InChI is InChI=1S/C22H18ClN3O3S/c23-18-8-7-17(30-18)20(27)25-16-6-2-5-15-19(16)22(29)26(21(15)28)10-9-13-3-1-4-14(11-13)12-24/h1-4,6-8,11,16,28-29H,5,9-10H2,(H,25,27). The van der Waals surface area contributed by atoms with Gasteiger partial charge in [0.2, 0.25) is 0 Å². The number of nitrogens with zero attached hydrogens (tertiary/aromatic N) is 2. The molecule has 3 N–H and O–H groups in total. The molecule has 0 bridgehead atoms. The van der Waals surface area contributed by atoms with Gasteiger partial charge in [0.15, 0.2) is 11.8 Å². The number of nitriles is 1. The second kappa shape index (κ2) is 8.27. The zero-order valence-electron chi connectivity index (χ0n) is 15.8. The van der Waals surface area contributed by atoms with Crippen molar-refractivity contribution in [1.29, 1.82) is 5.26 Å². The van der Waals surface area contributed by atoms with Gasteiger partial charge in [0.1, 0.15) is 0 Å². The zero-order chi connectivity index (χ0) is 21.3. The molecule has 1 aliphatic carbocycles. The second-order valence-corrected chi connectivity index (χ2v) is 8.66. The van der Waals surface area contributed by atoms with Crippen LogP contribution in [0.2, 0.25) is 4.34 Å². The maximum absolute atomic E-state index is 12.5. The summed E-state index contributed by atoms with van der Waals surface area (Å²) in [7, 11) is 0. The molecule has 1 unspecified atom stereocenters.